The van der Waals surface area contributed by atoms with Crippen LogP contribution < -0.4 is 27.8 Å². The molecule has 0 fully saturated rings. The maximum absolute atomic E-state index is 13.0. The number of hydrogen-bond acceptors (Lipinski definition) is 6. The second-order valence-electron chi connectivity index (χ2n) is 8.88. The molecular weight excluding hydrogens is 362 g/mol. The van der Waals surface area contributed by atoms with Crippen LogP contribution in [-0.4, -0.2) is 54.1 Å². The van der Waals surface area contributed by atoms with Gasteiger partial charge in [-0.25, -0.2) is 0 Å². The number of carbonyl (C=O) groups is 3. The molecule has 0 heterocycles. The highest BCUT2D eigenvalue weighted by Crippen LogP contribution is 2.36. The van der Waals surface area contributed by atoms with Crippen LogP contribution >= 0.6 is 0 Å². The summed E-state index contributed by atoms with van der Waals surface area (Å²) in [4.78, 5) is 36.9. The largest absolute Gasteiger partial charge is 0.480 e. The van der Waals surface area contributed by atoms with Crippen LogP contribution in [-0.2, 0) is 14.4 Å². The highest BCUT2D eigenvalue weighted by molar-refractivity contribution is 5.90. The summed E-state index contributed by atoms with van der Waals surface area (Å²) in [6.07, 6.45) is 0.923. The quantitative estimate of drug-likeness (QED) is 0.262. The van der Waals surface area contributed by atoms with Gasteiger partial charge in [0.05, 0.1) is 6.04 Å². The van der Waals surface area contributed by atoms with E-state index < -0.39 is 28.9 Å². The van der Waals surface area contributed by atoms with Gasteiger partial charge in [0.15, 0.2) is 0 Å². The molecule has 0 spiro atoms. The van der Waals surface area contributed by atoms with Crippen LogP contribution in [0.15, 0.2) is 0 Å². The van der Waals surface area contributed by atoms with Crippen molar-refractivity contribution in [3.63, 3.8) is 0 Å². The zero-order valence-electron chi connectivity index (χ0n) is 18.0. The van der Waals surface area contributed by atoms with Crippen molar-refractivity contribution in [3.8, 4) is 0 Å². The zero-order chi connectivity index (χ0) is 22.3. The van der Waals surface area contributed by atoms with Crippen LogP contribution in [0.5, 0.6) is 0 Å². The van der Waals surface area contributed by atoms with Crippen molar-refractivity contribution in [2.45, 2.75) is 72.5 Å². The number of aliphatic carboxylic acids is 1. The van der Waals surface area contributed by atoms with Gasteiger partial charge in [0.25, 0.3) is 0 Å². The van der Waals surface area contributed by atoms with Gasteiger partial charge in [0.1, 0.15) is 12.1 Å². The van der Waals surface area contributed by atoms with E-state index in [-0.39, 0.29) is 43.3 Å². The smallest absolute Gasteiger partial charge is 0.321 e. The number of carboxylic acid groups (broad SMARTS) is 1. The number of nitrogens with two attached hydrogens (primary N) is 3. The third-order valence-electron chi connectivity index (χ3n) is 5.32. The van der Waals surface area contributed by atoms with E-state index >= 15 is 0 Å². The molecule has 0 saturated carbocycles. The fourth-order valence-electron chi connectivity index (χ4n) is 3.21. The Labute approximate surface area is 168 Å². The second-order valence-corrected chi connectivity index (χ2v) is 8.88. The SMILES string of the molecule is CCC(C)C(NC(=O)C(C)(C)CC(C)(C)[C@H](N)C(=O)O)C(=O)NC(CN)CN. The van der Waals surface area contributed by atoms with Gasteiger partial charge in [-0.05, 0) is 17.8 Å². The minimum atomic E-state index is -1.12. The van der Waals surface area contributed by atoms with Gasteiger partial charge >= 0.3 is 5.97 Å². The maximum Gasteiger partial charge on any atom is 0.321 e. The summed E-state index contributed by atoms with van der Waals surface area (Å²) < 4.78 is 0. The zero-order valence-corrected chi connectivity index (χ0v) is 18.0. The average molecular weight is 402 g/mol. The minimum absolute atomic E-state index is 0.106. The molecule has 2 unspecified atom stereocenters. The molecule has 0 aromatic carbocycles. The van der Waals surface area contributed by atoms with E-state index in [1.807, 2.05) is 13.8 Å². The molecule has 0 aliphatic rings. The lowest BCUT2D eigenvalue weighted by molar-refractivity contribution is -0.143. The van der Waals surface area contributed by atoms with Gasteiger partial charge in [-0.1, -0.05) is 48.0 Å². The fraction of sp³-hybridized carbons (Fsp3) is 0.842. The van der Waals surface area contributed by atoms with Crippen molar-refractivity contribution >= 4 is 17.8 Å². The molecule has 9 nitrogen and oxygen atoms in total. The van der Waals surface area contributed by atoms with Crippen molar-refractivity contribution in [2.24, 2.45) is 33.9 Å². The molecule has 0 aromatic heterocycles. The first kappa shape index (κ1) is 26.3. The molecule has 0 aliphatic heterocycles. The predicted octanol–water partition coefficient (Wildman–Crippen LogP) is -0.226. The van der Waals surface area contributed by atoms with Gasteiger partial charge in [0.2, 0.25) is 11.8 Å². The number of carbonyl (C=O) groups excluding carboxylic acids is 2. The van der Waals surface area contributed by atoms with Gasteiger partial charge in [-0.2, -0.15) is 0 Å². The highest BCUT2D eigenvalue weighted by Gasteiger charge is 2.42. The number of rotatable bonds is 12. The van der Waals surface area contributed by atoms with Crippen molar-refractivity contribution in [2.75, 3.05) is 13.1 Å². The van der Waals surface area contributed by atoms with E-state index in [9.17, 15) is 19.5 Å². The molecule has 9 N–H and O–H groups in total. The lowest BCUT2D eigenvalue weighted by Gasteiger charge is -2.37. The van der Waals surface area contributed by atoms with E-state index in [2.05, 4.69) is 10.6 Å². The third kappa shape index (κ3) is 7.37. The highest BCUT2D eigenvalue weighted by atomic mass is 16.4. The first-order valence-electron chi connectivity index (χ1n) is 9.73. The number of hydrogen-bond donors (Lipinski definition) is 6. The summed E-state index contributed by atoms with van der Waals surface area (Å²) in [6.45, 7) is 11.1. The van der Waals surface area contributed by atoms with E-state index in [0.717, 1.165) is 0 Å². The van der Waals surface area contributed by atoms with Crippen molar-refractivity contribution in [3.05, 3.63) is 0 Å². The molecule has 9 heteroatoms. The van der Waals surface area contributed by atoms with Crippen molar-refractivity contribution in [1.29, 1.82) is 0 Å². The van der Waals surface area contributed by atoms with Gasteiger partial charge < -0.3 is 32.9 Å². The molecule has 0 bridgehead atoms. The minimum Gasteiger partial charge on any atom is -0.480 e. The predicted molar refractivity (Wildman–Crippen MR) is 109 cm³/mol. The standard InChI is InChI=1S/C19H39N5O4/c1-7-11(2)13(15(25)23-12(8-20)9-21)24-17(28)19(5,6)10-18(3,4)14(22)16(26)27/h11-14H,7-10,20-22H2,1-6H3,(H,23,25)(H,24,28)(H,26,27)/t11?,13?,14-/m1/s1. The van der Waals surface area contributed by atoms with E-state index in [1.165, 1.54) is 0 Å². The van der Waals surface area contributed by atoms with Crippen molar-refractivity contribution in [1.82, 2.24) is 10.6 Å². The topological polar surface area (TPSA) is 174 Å². The lowest BCUT2D eigenvalue weighted by Crippen LogP contribution is -2.57. The third-order valence-corrected chi connectivity index (χ3v) is 5.32. The molecule has 0 radical (unpaired) electrons. The lowest BCUT2D eigenvalue weighted by atomic mass is 9.70. The summed E-state index contributed by atoms with van der Waals surface area (Å²) in [7, 11) is 0. The molecule has 2 amide bonds. The summed E-state index contributed by atoms with van der Waals surface area (Å²) in [5, 5.41) is 14.8. The van der Waals surface area contributed by atoms with E-state index in [1.54, 1.807) is 27.7 Å². The molecule has 164 valence electrons. The van der Waals surface area contributed by atoms with Gasteiger partial charge in [-0.15, -0.1) is 0 Å². The van der Waals surface area contributed by atoms with Crippen LogP contribution in [0.4, 0.5) is 0 Å². The van der Waals surface area contributed by atoms with Crippen LogP contribution in [0.2, 0.25) is 0 Å². The molecule has 3 atom stereocenters. The summed E-state index contributed by atoms with van der Waals surface area (Å²) in [5.41, 5.74) is 15.2. The molecular formula is C19H39N5O4. The molecule has 0 rings (SSSR count). The Bertz CT molecular complexity index is 546. The monoisotopic (exact) mass is 401 g/mol. The Hall–Kier alpha value is -1.71. The molecule has 28 heavy (non-hydrogen) atoms. The average Bonchev–Trinajstić information content (AvgIpc) is 2.61. The summed E-state index contributed by atoms with van der Waals surface area (Å²) >= 11 is 0. The second kappa shape index (κ2) is 10.7. The normalized spacial score (nSPS) is 15.6. The maximum atomic E-state index is 13.0. The number of carboxylic acids is 1. The van der Waals surface area contributed by atoms with E-state index in [4.69, 9.17) is 17.2 Å². The van der Waals surface area contributed by atoms with Gasteiger partial charge in [-0.3, -0.25) is 14.4 Å². The Balaban J connectivity index is 5.39. The molecule has 0 aromatic rings. The van der Waals surface area contributed by atoms with Gasteiger partial charge in [0, 0.05) is 18.5 Å². The van der Waals surface area contributed by atoms with Crippen LogP contribution in [0.25, 0.3) is 0 Å². The van der Waals surface area contributed by atoms with Crippen LogP contribution in [0, 0.1) is 16.7 Å². The Morgan fingerprint density at radius 2 is 1.54 bits per heavy atom. The summed E-state index contributed by atoms with van der Waals surface area (Å²) in [5.74, 6) is -1.89. The van der Waals surface area contributed by atoms with Crippen LogP contribution in [0.3, 0.4) is 0 Å². The van der Waals surface area contributed by atoms with Crippen LogP contribution in [0.1, 0.15) is 54.4 Å². The first-order chi connectivity index (χ1) is 12.7. The number of amides is 2. The number of nitrogens with one attached hydrogen (secondary N) is 2. The van der Waals surface area contributed by atoms with E-state index in [0.29, 0.717) is 6.42 Å². The molecule has 0 aliphatic carbocycles. The van der Waals surface area contributed by atoms with Crippen molar-refractivity contribution < 1.29 is 19.5 Å². The Morgan fingerprint density at radius 3 is 1.93 bits per heavy atom. The molecule has 0 saturated heterocycles. The first-order valence-corrected chi connectivity index (χ1v) is 9.73. The Morgan fingerprint density at radius 1 is 1.04 bits per heavy atom. The fourth-order valence-corrected chi connectivity index (χ4v) is 3.21. The summed E-state index contributed by atoms with van der Waals surface area (Å²) in [6, 6.07) is -2.21. The Kier molecular flexibility index (Phi) is 10.1.